The van der Waals surface area contributed by atoms with Crippen molar-refractivity contribution in [1.29, 1.82) is 0 Å². The molecular formula is C80H122N2O37. The molecule has 11 fully saturated rings. The number of hydrogen-bond donors (Lipinski definition) is 21. The molecule has 1 aromatic carbocycles. The van der Waals surface area contributed by atoms with Crippen molar-refractivity contribution in [1.82, 2.24) is 5.32 Å². The van der Waals surface area contributed by atoms with Crippen LogP contribution in [0.3, 0.4) is 0 Å². The molecule has 7 aliphatic heterocycles. The van der Waals surface area contributed by atoms with Crippen LogP contribution in [0.4, 0.5) is 4.79 Å². The molecule has 13 rings (SSSR count). The maximum absolute atomic E-state index is 16.4. The van der Waals surface area contributed by atoms with E-state index in [4.69, 9.17) is 76.8 Å². The molecule has 0 unspecified atom stereocenters. The maximum Gasteiger partial charge on any atom is 0.331 e. The van der Waals surface area contributed by atoms with Gasteiger partial charge in [-0.05, 0) is 109 Å². The molecule has 7 saturated heterocycles. The summed E-state index contributed by atoms with van der Waals surface area (Å²) in [5.74, 6) is -2.36. The average Bonchev–Trinajstić information content (AvgIpc) is 0.806. The van der Waals surface area contributed by atoms with Crippen molar-refractivity contribution in [3.05, 3.63) is 53.6 Å². The summed E-state index contributed by atoms with van der Waals surface area (Å²) in [5, 5.41) is 211. The Morgan fingerprint density at radius 2 is 1.03 bits per heavy atom. The number of hydrogen-bond acceptors (Lipinski definition) is 37. The molecule has 0 spiro atoms. The predicted octanol–water partition coefficient (Wildman–Crippen LogP) is -5.35. The highest BCUT2D eigenvalue weighted by molar-refractivity contribution is 5.87. The summed E-state index contributed by atoms with van der Waals surface area (Å²) < 4.78 is 91.9. The fourth-order valence-electron chi connectivity index (χ4n) is 21.7. The minimum atomic E-state index is -2.18. The largest absolute Gasteiger partial charge is 0.459 e. The van der Waals surface area contributed by atoms with Gasteiger partial charge < -0.3 is 179 Å². The third-order valence-electron chi connectivity index (χ3n) is 28.9. The van der Waals surface area contributed by atoms with Gasteiger partial charge in [0.15, 0.2) is 43.8 Å². The summed E-state index contributed by atoms with van der Waals surface area (Å²) in [6.45, 7) is 11.8. The number of urea groups is 1. The number of carbonyl (C=O) groups excluding carboxylic acids is 3. The van der Waals surface area contributed by atoms with Crippen LogP contribution in [0.1, 0.15) is 119 Å². The number of benzene rings is 1. The number of aliphatic hydroxyl groups excluding tert-OH is 19. The molecule has 1 aromatic rings. The summed E-state index contributed by atoms with van der Waals surface area (Å²) in [7, 11) is 0. The first-order chi connectivity index (χ1) is 56.1. The summed E-state index contributed by atoms with van der Waals surface area (Å²) >= 11 is 0. The maximum atomic E-state index is 16.4. The number of aliphatic hydroxyl groups is 19. The standard InChI is InChI=1S/C80H122N2O37/c1-32-62(115-67-58(99)52(93)40(29-86)110-67)63(116-68-59(100)55(96)49(90)37(26-83)108-68)61(102)70(107-32)118-65-57(98)51(92)39(28-85)111-72(65)119-73(103)80-23-22-78(7)34(35(80)24-75(2,3)45(25-80)113-46(88)17-14-33-12-10-9-11-13-33)15-16-43-77(6)20-19-44(76(4,5)42(77)18-21-79(43,78)8)114-66-47(82-74(81)104)54(95)53(94)41(112-66)31-106-71-64(48(89)36(87)30-105-71)117-69-60(101)56(97)50(91)38(27-84)109-69/h9-15,17,32,35-45,47-72,83-87,89-102H,16,18-31H2,1-8H3,(H3,81,82,104)/b17-14+/t32-,35-,36+,37+,38+,39+,40-,41+,42-,43+,44-,45-,47+,48-,49+,50+,51+,52-,53+,54+,55-,56-,57-,58+,59+,60+,61+,62-,63-,64+,65+,66-,67-,68-,69-,70-,71-,72-,77-,78+,79+,80+/m0/s1. The molecule has 4 saturated carbocycles. The molecule has 12 aliphatic rings. The van der Waals surface area contributed by atoms with E-state index < -0.39 is 311 Å². The quantitative estimate of drug-likeness (QED) is 0.0211. The number of allylic oxidation sites excluding steroid dienone is 2. The van der Waals surface area contributed by atoms with E-state index in [0.29, 0.717) is 44.1 Å². The van der Waals surface area contributed by atoms with Gasteiger partial charge in [-0.3, -0.25) is 4.79 Å². The molecule has 2 amide bonds. The van der Waals surface area contributed by atoms with E-state index in [-0.39, 0.29) is 31.1 Å². The molecule has 0 radical (unpaired) electrons. The summed E-state index contributed by atoms with van der Waals surface area (Å²) in [6.07, 6.45) is -49.9. The zero-order valence-electron chi connectivity index (χ0n) is 67.6. The van der Waals surface area contributed by atoms with E-state index in [9.17, 15) is 107 Å². The molecule has 22 N–H and O–H groups in total. The highest BCUT2D eigenvalue weighted by atomic mass is 16.8. The van der Waals surface area contributed by atoms with Crippen LogP contribution >= 0.6 is 0 Å². The van der Waals surface area contributed by atoms with Gasteiger partial charge in [-0.25, -0.2) is 9.59 Å². The monoisotopic (exact) mass is 1700 g/mol. The van der Waals surface area contributed by atoms with Gasteiger partial charge in [-0.2, -0.15) is 0 Å². The van der Waals surface area contributed by atoms with Crippen LogP contribution in [-0.2, 0) is 80.6 Å². The lowest BCUT2D eigenvalue weighted by Crippen LogP contribution is -2.68. The lowest BCUT2D eigenvalue weighted by atomic mass is 9.33. The van der Waals surface area contributed by atoms with Crippen molar-refractivity contribution in [2.45, 2.75) is 328 Å². The Morgan fingerprint density at radius 3 is 1.61 bits per heavy atom. The smallest absolute Gasteiger partial charge is 0.331 e. The normalized spacial score (nSPS) is 49.7. The minimum absolute atomic E-state index is 0.0251. The second kappa shape index (κ2) is 36.2. The van der Waals surface area contributed by atoms with E-state index in [0.717, 1.165) is 5.57 Å². The van der Waals surface area contributed by atoms with Gasteiger partial charge >= 0.3 is 18.0 Å². The van der Waals surface area contributed by atoms with Crippen molar-refractivity contribution in [3.8, 4) is 0 Å². The van der Waals surface area contributed by atoms with Crippen molar-refractivity contribution in [2.75, 3.05) is 39.6 Å². The molecule has 119 heavy (non-hydrogen) atoms. The number of carbonyl (C=O) groups is 3. The van der Waals surface area contributed by atoms with E-state index in [1.165, 1.54) is 13.0 Å². The number of esters is 2. The lowest BCUT2D eigenvalue weighted by molar-refractivity contribution is -0.390. The van der Waals surface area contributed by atoms with Crippen LogP contribution in [0.15, 0.2) is 48.1 Å². The molecule has 0 aromatic heterocycles. The number of primary amides is 1. The Balaban J connectivity index is 0.769. The number of ether oxygens (including phenoxy) is 15. The molecule has 0 bridgehead atoms. The number of nitrogens with one attached hydrogen (secondary N) is 1. The molecule has 674 valence electrons. The Kier molecular flexibility index (Phi) is 28.1. The highest BCUT2D eigenvalue weighted by Gasteiger charge is 2.72. The lowest BCUT2D eigenvalue weighted by Gasteiger charge is -2.71. The van der Waals surface area contributed by atoms with Gasteiger partial charge in [0.2, 0.25) is 6.29 Å². The fourth-order valence-corrected chi connectivity index (χ4v) is 21.7. The van der Waals surface area contributed by atoms with Gasteiger partial charge in [0, 0.05) is 17.9 Å². The van der Waals surface area contributed by atoms with Crippen molar-refractivity contribution >= 4 is 24.0 Å². The number of rotatable bonds is 23. The molecular weight excluding hydrogens is 1580 g/mol. The van der Waals surface area contributed by atoms with E-state index in [2.05, 4.69) is 46.0 Å². The Hall–Kier alpha value is -4.37. The van der Waals surface area contributed by atoms with E-state index in [1.807, 2.05) is 44.2 Å². The number of amides is 2. The first kappa shape index (κ1) is 92.3. The first-order valence-electron chi connectivity index (χ1n) is 41.1. The van der Waals surface area contributed by atoms with Gasteiger partial charge in [-0.15, -0.1) is 0 Å². The highest BCUT2D eigenvalue weighted by Crippen LogP contribution is 2.76. The van der Waals surface area contributed by atoms with Crippen LogP contribution in [-0.4, -0.2) is 370 Å². The van der Waals surface area contributed by atoms with Crippen molar-refractivity contribution in [3.63, 3.8) is 0 Å². The third kappa shape index (κ3) is 17.1. The summed E-state index contributed by atoms with van der Waals surface area (Å²) in [6, 6.07) is 6.54. The van der Waals surface area contributed by atoms with Crippen LogP contribution in [0.2, 0.25) is 0 Å². The van der Waals surface area contributed by atoms with Crippen LogP contribution in [0, 0.1) is 50.2 Å². The van der Waals surface area contributed by atoms with Gasteiger partial charge in [-0.1, -0.05) is 90.4 Å². The topological polar surface area (TPSA) is 612 Å². The SMILES string of the molecule is C[C@@H]1O[C@@H](O[C@H]2[C@H](OC(=O)[C@@]34CC[C@]5(C)C(=CC[C@@H]6[C@@]7(C)CC[C@H](O[C@@H]8O[C@H](CO[C@@H]9OC[C@@H](O)[C@H](O)[C@H]9O[C@@H]9O[C@H](CO)[C@@H](O)[C@H](O)[C@H]9O)[C@@H](O)[C@H](O)[C@H]8NC(N)=O)C(C)(C)[C@@H]7CC[C@]65C)[C@@H]3CC(C)(C)[C@@H](OC(=O)/C=C/c3ccccc3)C4)O[C@H](CO)[C@@H](O)[C@@H]2O)[C@H](O)[C@H](O[C@@H]2O[C@H](CO)[C@@H](O)[C@H](O)[C@H]2O)[C@H]1O[C@@H]1O[C@@H](CO)[C@H](O)[C@H]1O. The van der Waals surface area contributed by atoms with Gasteiger partial charge in [0.05, 0.1) is 57.3 Å². The summed E-state index contributed by atoms with van der Waals surface area (Å²) in [5.41, 5.74) is 2.65. The molecule has 39 heteroatoms. The second-order valence-electron chi connectivity index (χ2n) is 36.5. The Bertz CT molecular complexity index is 3680. The Labute approximate surface area is 686 Å². The van der Waals surface area contributed by atoms with E-state index >= 15 is 4.79 Å². The number of nitrogens with two attached hydrogens (primary N) is 1. The molecule has 39 nitrogen and oxygen atoms in total. The summed E-state index contributed by atoms with van der Waals surface area (Å²) in [4.78, 5) is 43.3. The zero-order chi connectivity index (χ0) is 86.4. The van der Waals surface area contributed by atoms with E-state index in [1.54, 1.807) is 6.08 Å². The molecule has 5 aliphatic carbocycles. The number of fused-ring (bicyclic) bond motifs is 7. The van der Waals surface area contributed by atoms with Gasteiger partial charge in [0.25, 0.3) is 0 Å². The van der Waals surface area contributed by atoms with Crippen LogP contribution in [0.25, 0.3) is 6.08 Å². The third-order valence-corrected chi connectivity index (χ3v) is 28.9. The zero-order valence-corrected chi connectivity index (χ0v) is 67.6. The molecule has 42 atom stereocenters. The Morgan fingerprint density at radius 1 is 0.504 bits per heavy atom. The first-order valence-corrected chi connectivity index (χ1v) is 41.1. The van der Waals surface area contributed by atoms with Crippen molar-refractivity contribution < 1.29 is 182 Å². The fraction of sp³-hybridized carbons (Fsp3) is 0.838. The van der Waals surface area contributed by atoms with Crippen LogP contribution < -0.4 is 11.1 Å². The predicted molar refractivity (Wildman–Crippen MR) is 399 cm³/mol. The van der Waals surface area contributed by atoms with Gasteiger partial charge in [0.1, 0.15) is 153 Å². The molecule has 7 heterocycles. The minimum Gasteiger partial charge on any atom is -0.459 e. The van der Waals surface area contributed by atoms with Crippen molar-refractivity contribution in [2.24, 2.45) is 56.0 Å². The average molecular weight is 1700 g/mol. The second-order valence-corrected chi connectivity index (χ2v) is 36.5. The van der Waals surface area contributed by atoms with Crippen LogP contribution in [0.5, 0.6) is 0 Å².